The fourth-order valence-electron chi connectivity index (χ4n) is 3.70. The van der Waals surface area contributed by atoms with Crippen molar-refractivity contribution in [2.24, 2.45) is 0 Å². The SMILES string of the molecule is COc1ccc(C)cc1Nc1ncnc2scc(-c3ccc(-c4ccccc4)cc3)c12. The third-order valence-electron chi connectivity index (χ3n) is 5.28. The number of aryl methyl sites for hydroxylation is 1. The maximum Gasteiger partial charge on any atom is 0.143 e. The van der Waals surface area contributed by atoms with Gasteiger partial charge in [0.1, 0.15) is 22.7 Å². The van der Waals surface area contributed by atoms with Crippen LogP contribution >= 0.6 is 11.3 Å². The lowest BCUT2D eigenvalue weighted by Gasteiger charge is -2.13. The van der Waals surface area contributed by atoms with Crippen LogP contribution in [0.4, 0.5) is 11.5 Å². The minimum absolute atomic E-state index is 0.775. The Balaban J connectivity index is 1.56. The Kier molecular flexibility index (Phi) is 5.10. The van der Waals surface area contributed by atoms with Gasteiger partial charge in [0.25, 0.3) is 0 Å². The van der Waals surface area contributed by atoms with E-state index in [9.17, 15) is 0 Å². The molecule has 5 rings (SSSR count). The molecule has 152 valence electrons. The number of anilines is 2. The maximum absolute atomic E-state index is 5.53. The molecule has 0 spiro atoms. The molecular formula is C26H21N3OS. The van der Waals surface area contributed by atoms with Crippen LogP contribution in [-0.4, -0.2) is 17.1 Å². The molecule has 0 aliphatic carbocycles. The second kappa shape index (κ2) is 8.20. The lowest BCUT2D eigenvalue weighted by Crippen LogP contribution is -1.98. The highest BCUT2D eigenvalue weighted by molar-refractivity contribution is 7.17. The molecule has 0 aliphatic heterocycles. The van der Waals surface area contributed by atoms with Gasteiger partial charge >= 0.3 is 0 Å². The molecular weight excluding hydrogens is 402 g/mol. The Morgan fingerprint density at radius 3 is 2.35 bits per heavy atom. The fourth-order valence-corrected chi connectivity index (χ4v) is 4.62. The predicted octanol–water partition coefficient (Wildman–Crippen LogP) is 7.09. The highest BCUT2D eigenvalue weighted by Crippen LogP contribution is 2.39. The lowest BCUT2D eigenvalue weighted by atomic mass is 10.0. The van der Waals surface area contributed by atoms with Crippen LogP contribution < -0.4 is 10.1 Å². The van der Waals surface area contributed by atoms with Crippen molar-refractivity contribution in [3.63, 3.8) is 0 Å². The summed E-state index contributed by atoms with van der Waals surface area (Å²) in [5, 5.41) is 6.64. The summed E-state index contributed by atoms with van der Waals surface area (Å²) >= 11 is 1.62. The number of hydrogen-bond donors (Lipinski definition) is 1. The largest absolute Gasteiger partial charge is 0.495 e. The standard InChI is InChI=1S/C26H21N3OS/c1-17-8-13-23(30-2)22(14-17)29-25-24-21(15-31-26(24)28-16-27-25)20-11-9-19(10-12-20)18-6-4-3-5-7-18/h3-16H,1-2H3,(H,27,28,29). The van der Waals surface area contributed by atoms with Crippen LogP contribution in [0.25, 0.3) is 32.5 Å². The number of nitrogens with zero attached hydrogens (tertiary/aromatic N) is 2. The number of hydrogen-bond acceptors (Lipinski definition) is 5. The number of ether oxygens (including phenoxy) is 1. The van der Waals surface area contributed by atoms with Crippen molar-refractivity contribution in [3.05, 3.63) is 90.1 Å². The van der Waals surface area contributed by atoms with Gasteiger partial charge in [-0.3, -0.25) is 0 Å². The molecule has 0 bridgehead atoms. The molecule has 2 heterocycles. The van der Waals surface area contributed by atoms with E-state index in [1.165, 1.54) is 11.1 Å². The van der Waals surface area contributed by atoms with Crippen molar-refractivity contribution in [3.8, 4) is 28.0 Å². The topological polar surface area (TPSA) is 47.0 Å². The monoisotopic (exact) mass is 423 g/mol. The van der Waals surface area contributed by atoms with Crippen LogP contribution in [0.1, 0.15) is 5.56 Å². The van der Waals surface area contributed by atoms with E-state index in [0.29, 0.717) is 0 Å². The minimum atomic E-state index is 0.775. The molecule has 0 atom stereocenters. The lowest BCUT2D eigenvalue weighted by molar-refractivity contribution is 0.416. The Bertz CT molecular complexity index is 1340. The molecule has 0 aliphatic rings. The van der Waals surface area contributed by atoms with E-state index in [0.717, 1.165) is 44.2 Å². The molecule has 2 aromatic heterocycles. The molecule has 31 heavy (non-hydrogen) atoms. The van der Waals surface area contributed by atoms with E-state index in [-0.39, 0.29) is 0 Å². The third-order valence-corrected chi connectivity index (χ3v) is 6.17. The van der Waals surface area contributed by atoms with Crippen LogP contribution in [0.3, 0.4) is 0 Å². The summed E-state index contributed by atoms with van der Waals surface area (Å²) in [4.78, 5) is 10.0. The third kappa shape index (κ3) is 3.76. The maximum atomic E-state index is 5.53. The van der Waals surface area contributed by atoms with Crippen molar-refractivity contribution in [1.82, 2.24) is 9.97 Å². The average molecular weight is 424 g/mol. The predicted molar refractivity (Wildman–Crippen MR) is 129 cm³/mol. The number of aromatic nitrogens is 2. The van der Waals surface area contributed by atoms with Gasteiger partial charge in [-0.2, -0.15) is 0 Å². The first-order chi connectivity index (χ1) is 15.2. The van der Waals surface area contributed by atoms with Crippen LogP contribution in [0.5, 0.6) is 5.75 Å². The van der Waals surface area contributed by atoms with Crippen LogP contribution in [0.2, 0.25) is 0 Å². The van der Waals surface area contributed by atoms with Gasteiger partial charge in [-0.15, -0.1) is 11.3 Å². The first-order valence-corrected chi connectivity index (χ1v) is 10.9. The summed E-state index contributed by atoms with van der Waals surface area (Å²) < 4.78 is 5.53. The summed E-state index contributed by atoms with van der Waals surface area (Å²) in [7, 11) is 1.68. The second-order valence-electron chi connectivity index (χ2n) is 7.32. The van der Waals surface area contributed by atoms with E-state index in [2.05, 4.69) is 82.2 Å². The Morgan fingerprint density at radius 2 is 1.58 bits per heavy atom. The fraction of sp³-hybridized carbons (Fsp3) is 0.0769. The van der Waals surface area contributed by atoms with E-state index in [4.69, 9.17) is 4.74 Å². The van der Waals surface area contributed by atoms with E-state index in [1.807, 2.05) is 18.2 Å². The molecule has 0 unspecified atom stereocenters. The molecule has 5 aromatic rings. The summed E-state index contributed by atoms with van der Waals surface area (Å²) in [6.45, 7) is 2.06. The van der Waals surface area contributed by atoms with Crippen molar-refractivity contribution < 1.29 is 4.74 Å². The van der Waals surface area contributed by atoms with Crippen LogP contribution in [0.15, 0.2) is 84.5 Å². The summed E-state index contributed by atoms with van der Waals surface area (Å²) in [6.07, 6.45) is 1.60. The Labute approximate surface area is 185 Å². The second-order valence-corrected chi connectivity index (χ2v) is 8.18. The highest BCUT2D eigenvalue weighted by atomic mass is 32.1. The van der Waals surface area contributed by atoms with Crippen molar-refractivity contribution >= 4 is 33.1 Å². The first kappa shape index (κ1) is 19.3. The summed E-state index contributed by atoms with van der Waals surface area (Å²) in [6, 6.07) is 25.1. The molecule has 3 aromatic carbocycles. The number of benzene rings is 3. The summed E-state index contributed by atoms with van der Waals surface area (Å²) in [5.41, 5.74) is 6.70. The zero-order chi connectivity index (χ0) is 21.2. The Hall–Kier alpha value is -3.70. The van der Waals surface area contributed by atoms with Crippen LogP contribution in [0, 0.1) is 6.92 Å². The van der Waals surface area contributed by atoms with Gasteiger partial charge in [0.2, 0.25) is 0 Å². The number of fused-ring (bicyclic) bond motifs is 1. The molecule has 0 saturated heterocycles. The molecule has 1 N–H and O–H groups in total. The van der Waals surface area contributed by atoms with Crippen molar-refractivity contribution in [2.45, 2.75) is 6.92 Å². The summed E-state index contributed by atoms with van der Waals surface area (Å²) in [5.74, 6) is 1.55. The number of nitrogens with one attached hydrogen (secondary N) is 1. The highest BCUT2D eigenvalue weighted by Gasteiger charge is 2.15. The molecule has 5 heteroatoms. The zero-order valence-electron chi connectivity index (χ0n) is 17.3. The zero-order valence-corrected chi connectivity index (χ0v) is 18.1. The van der Waals surface area contributed by atoms with Gasteiger partial charge in [-0.1, -0.05) is 60.7 Å². The normalized spacial score (nSPS) is 10.9. The van der Waals surface area contributed by atoms with Gasteiger partial charge in [0.15, 0.2) is 0 Å². The Morgan fingerprint density at radius 1 is 0.839 bits per heavy atom. The molecule has 0 saturated carbocycles. The van der Waals surface area contributed by atoms with Crippen molar-refractivity contribution in [1.29, 1.82) is 0 Å². The minimum Gasteiger partial charge on any atom is -0.495 e. The number of rotatable bonds is 5. The molecule has 0 amide bonds. The van der Waals surface area contributed by atoms with E-state index < -0.39 is 0 Å². The molecule has 4 nitrogen and oxygen atoms in total. The number of thiophene rings is 1. The smallest absolute Gasteiger partial charge is 0.143 e. The van der Waals surface area contributed by atoms with Gasteiger partial charge in [-0.25, -0.2) is 9.97 Å². The average Bonchev–Trinajstić information content (AvgIpc) is 3.25. The van der Waals surface area contributed by atoms with Crippen LogP contribution in [-0.2, 0) is 0 Å². The molecule has 0 radical (unpaired) electrons. The van der Waals surface area contributed by atoms with Gasteiger partial charge < -0.3 is 10.1 Å². The van der Waals surface area contributed by atoms with Crippen molar-refractivity contribution in [2.75, 3.05) is 12.4 Å². The first-order valence-electron chi connectivity index (χ1n) is 10.0. The van der Waals surface area contributed by atoms with Gasteiger partial charge in [0, 0.05) is 10.9 Å². The van der Waals surface area contributed by atoms with E-state index >= 15 is 0 Å². The quantitative estimate of drug-likeness (QED) is 0.328. The van der Waals surface area contributed by atoms with Gasteiger partial charge in [0.05, 0.1) is 18.2 Å². The van der Waals surface area contributed by atoms with E-state index in [1.54, 1.807) is 24.8 Å². The van der Waals surface area contributed by atoms with Gasteiger partial charge in [-0.05, 0) is 41.3 Å². The molecule has 0 fully saturated rings. The number of methoxy groups -OCH3 is 1.